The average molecular weight is 370 g/mol. The third-order valence-corrected chi connectivity index (χ3v) is 3.94. The Morgan fingerprint density at radius 1 is 1.32 bits per heavy atom. The van der Waals surface area contributed by atoms with Crippen LogP contribution in [0.2, 0.25) is 5.02 Å². The zero-order valence-corrected chi connectivity index (χ0v) is 15.3. The normalized spacial score (nSPS) is 15.0. The zero-order valence-electron chi connectivity index (χ0n) is 14.5. The summed E-state index contributed by atoms with van der Waals surface area (Å²) < 4.78 is 10.4. The number of ether oxygens (including phenoxy) is 2. The number of nitrogens with one attached hydrogen (secondary N) is 2. The second kappa shape index (κ2) is 9.60. The molecule has 0 aromatic heterocycles. The number of carbonyl (C=O) groups excluding carboxylic acids is 2. The predicted octanol–water partition coefficient (Wildman–Crippen LogP) is 2.36. The molecule has 0 unspecified atom stereocenters. The van der Waals surface area contributed by atoms with E-state index in [9.17, 15) is 9.59 Å². The first kappa shape index (κ1) is 19.5. The Hall–Kier alpha value is -1.83. The van der Waals surface area contributed by atoms with E-state index in [2.05, 4.69) is 15.5 Å². The van der Waals surface area contributed by atoms with Crippen molar-refractivity contribution >= 4 is 29.3 Å². The van der Waals surface area contributed by atoms with Crippen molar-refractivity contribution in [2.75, 3.05) is 44.7 Å². The molecule has 1 saturated heterocycles. The quantitative estimate of drug-likeness (QED) is 0.752. The summed E-state index contributed by atoms with van der Waals surface area (Å²) in [5.74, 6) is -0.456. The number of hydrogen-bond acceptors (Lipinski definition) is 5. The van der Waals surface area contributed by atoms with Crippen LogP contribution < -0.4 is 10.6 Å². The van der Waals surface area contributed by atoms with Crippen LogP contribution in [0, 0.1) is 0 Å². The number of amides is 2. The number of esters is 1. The largest absolute Gasteiger partial charge is 0.459 e. The smallest absolute Gasteiger partial charge is 0.338 e. The number of benzene rings is 1. The van der Waals surface area contributed by atoms with Crippen molar-refractivity contribution < 1.29 is 19.1 Å². The molecular formula is C17H24ClN3O4. The Morgan fingerprint density at radius 2 is 2.04 bits per heavy atom. The van der Waals surface area contributed by atoms with E-state index in [4.69, 9.17) is 21.1 Å². The molecule has 1 aromatic rings. The molecule has 0 saturated carbocycles. The number of rotatable bonds is 6. The van der Waals surface area contributed by atoms with E-state index in [1.807, 2.05) is 0 Å². The van der Waals surface area contributed by atoms with Crippen LogP contribution in [0.25, 0.3) is 0 Å². The highest BCUT2D eigenvalue weighted by molar-refractivity contribution is 6.33. The molecule has 2 amide bonds. The summed E-state index contributed by atoms with van der Waals surface area (Å²) in [6.07, 6.45) is -0.219. The van der Waals surface area contributed by atoms with Crippen molar-refractivity contribution in [3.63, 3.8) is 0 Å². The van der Waals surface area contributed by atoms with Crippen molar-refractivity contribution in [1.29, 1.82) is 0 Å². The second-order valence-corrected chi connectivity index (χ2v) is 6.39. The topological polar surface area (TPSA) is 79.9 Å². The predicted molar refractivity (Wildman–Crippen MR) is 96.3 cm³/mol. The van der Waals surface area contributed by atoms with E-state index in [0.717, 1.165) is 32.8 Å². The molecule has 25 heavy (non-hydrogen) atoms. The van der Waals surface area contributed by atoms with Crippen molar-refractivity contribution in [2.45, 2.75) is 20.0 Å². The van der Waals surface area contributed by atoms with Gasteiger partial charge in [0.1, 0.15) is 0 Å². The van der Waals surface area contributed by atoms with Gasteiger partial charge in [0.05, 0.1) is 35.6 Å². The standard InChI is InChI=1S/C17H24ClN3O4/c1-12(2)25-16(22)13-3-4-14(18)15(11-13)20-17(23)19-5-6-21-7-9-24-10-8-21/h3-4,11-12H,5-10H2,1-2H3,(H2,19,20,23). The lowest BCUT2D eigenvalue weighted by Gasteiger charge is -2.26. The van der Waals surface area contributed by atoms with E-state index in [0.29, 0.717) is 22.8 Å². The van der Waals surface area contributed by atoms with Crippen LogP contribution in [0.15, 0.2) is 18.2 Å². The zero-order chi connectivity index (χ0) is 18.2. The van der Waals surface area contributed by atoms with Gasteiger partial charge in [-0.05, 0) is 32.0 Å². The fourth-order valence-electron chi connectivity index (χ4n) is 2.35. The van der Waals surface area contributed by atoms with Crippen LogP contribution in [0.3, 0.4) is 0 Å². The molecule has 1 heterocycles. The highest BCUT2D eigenvalue weighted by Crippen LogP contribution is 2.23. The third kappa shape index (κ3) is 6.53. The number of carbonyl (C=O) groups is 2. The third-order valence-electron chi connectivity index (χ3n) is 3.61. The lowest BCUT2D eigenvalue weighted by Crippen LogP contribution is -2.42. The van der Waals surface area contributed by atoms with Crippen molar-refractivity contribution in [3.05, 3.63) is 28.8 Å². The van der Waals surface area contributed by atoms with Gasteiger partial charge in [-0.1, -0.05) is 11.6 Å². The fourth-order valence-corrected chi connectivity index (χ4v) is 2.51. The Kier molecular flexibility index (Phi) is 7.49. The van der Waals surface area contributed by atoms with Crippen LogP contribution in [-0.2, 0) is 9.47 Å². The molecule has 1 aliphatic heterocycles. The van der Waals surface area contributed by atoms with Crippen molar-refractivity contribution in [1.82, 2.24) is 10.2 Å². The Labute approximate surface area is 152 Å². The van der Waals surface area contributed by atoms with Crippen LogP contribution >= 0.6 is 11.6 Å². The van der Waals surface area contributed by atoms with Crippen LogP contribution in [-0.4, -0.2) is 62.4 Å². The fraction of sp³-hybridized carbons (Fsp3) is 0.529. The molecule has 2 rings (SSSR count). The van der Waals surface area contributed by atoms with Gasteiger partial charge < -0.3 is 20.1 Å². The molecule has 2 N–H and O–H groups in total. The van der Waals surface area contributed by atoms with Gasteiger partial charge in [0.15, 0.2) is 0 Å². The summed E-state index contributed by atoms with van der Waals surface area (Å²) in [7, 11) is 0. The minimum atomic E-state index is -0.456. The lowest BCUT2D eigenvalue weighted by molar-refractivity contribution is 0.0377. The lowest BCUT2D eigenvalue weighted by atomic mass is 10.2. The molecule has 7 nitrogen and oxygen atoms in total. The summed E-state index contributed by atoms with van der Waals surface area (Å²) in [5, 5.41) is 5.79. The van der Waals surface area contributed by atoms with Crippen LogP contribution in [0.4, 0.5) is 10.5 Å². The molecule has 0 atom stereocenters. The molecule has 1 aromatic carbocycles. The SMILES string of the molecule is CC(C)OC(=O)c1ccc(Cl)c(NC(=O)NCCN2CCOCC2)c1. The molecule has 0 radical (unpaired) electrons. The summed E-state index contributed by atoms with van der Waals surface area (Å²) in [6, 6.07) is 4.26. The molecular weight excluding hydrogens is 346 g/mol. The van der Waals surface area contributed by atoms with E-state index in [1.54, 1.807) is 26.0 Å². The first-order chi connectivity index (χ1) is 12.0. The minimum Gasteiger partial charge on any atom is -0.459 e. The number of nitrogens with zero attached hydrogens (tertiary/aromatic N) is 1. The molecule has 138 valence electrons. The number of hydrogen-bond donors (Lipinski definition) is 2. The molecule has 8 heteroatoms. The van der Waals surface area contributed by atoms with Gasteiger partial charge in [-0.15, -0.1) is 0 Å². The van der Waals surface area contributed by atoms with Gasteiger partial charge in [-0.25, -0.2) is 9.59 Å². The average Bonchev–Trinajstić information content (AvgIpc) is 2.57. The summed E-state index contributed by atoms with van der Waals surface area (Å²) in [6.45, 7) is 8.00. The summed E-state index contributed by atoms with van der Waals surface area (Å²) >= 11 is 6.09. The number of anilines is 1. The van der Waals surface area contributed by atoms with Crippen LogP contribution in [0.1, 0.15) is 24.2 Å². The van der Waals surface area contributed by atoms with Crippen molar-refractivity contribution in [3.8, 4) is 0 Å². The molecule has 0 bridgehead atoms. The molecule has 0 spiro atoms. The van der Waals surface area contributed by atoms with Gasteiger partial charge in [0, 0.05) is 26.2 Å². The second-order valence-electron chi connectivity index (χ2n) is 5.98. The Morgan fingerprint density at radius 3 is 2.72 bits per heavy atom. The van der Waals surface area contributed by atoms with Gasteiger partial charge >= 0.3 is 12.0 Å². The van der Waals surface area contributed by atoms with Gasteiger partial charge in [0.25, 0.3) is 0 Å². The number of urea groups is 1. The Balaban J connectivity index is 1.85. The highest BCUT2D eigenvalue weighted by Gasteiger charge is 2.14. The van der Waals surface area contributed by atoms with Gasteiger partial charge in [0.2, 0.25) is 0 Å². The van der Waals surface area contributed by atoms with E-state index in [-0.39, 0.29) is 12.1 Å². The minimum absolute atomic E-state index is 0.219. The number of morpholine rings is 1. The highest BCUT2D eigenvalue weighted by atomic mass is 35.5. The maximum absolute atomic E-state index is 12.0. The molecule has 0 aliphatic carbocycles. The summed E-state index contributed by atoms with van der Waals surface area (Å²) in [5.41, 5.74) is 0.700. The maximum Gasteiger partial charge on any atom is 0.338 e. The first-order valence-electron chi connectivity index (χ1n) is 8.31. The summed E-state index contributed by atoms with van der Waals surface area (Å²) in [4.78, 5) is 26.2. The van der Waals surface area contributed by atoms with Crippen LogP contribution in [0.5, 0.6) is 0 Å². The maximum atomic E-state index is 12.0. The van der Waals surface area contributed by atoms with E-state index >= 15 is 0 Å². The monoisotopic (exact) mass is 369 g/mol. The van der Waals surface area contributed by atoms with E-state index < -0.39 is 5.97 Å². The van der Waals surface area contributed by atoms with Gasteiger partial charge in [-0.3, -0.25) is 4.90 Å². The Bertz CT molecular complexity index is 604. The van der Waals surface area contributed by atoms with Crippen molar-refractivity contribution in [2.24, 2.45) is 0 Å². The molecule has 1 fully saturated rings. The van der Waals surface area contributed by atoms with E-state index in [1.165, 1.54) is 6.07 Å². The van der Waals surface area contributed by atoms with Gasteiger partial charge in [-0.2, -0.15) is 0 Å². The first-order valence-corrected chi connectivity index (χ1v) is 8.69. The number of halogens is 1. The molecule has 1 aliphatic rings.